The summed E-state index contributed by atoms with van der Waals surface area (Å²) in [6.45, 7) is 3.76. The molecule has 1 aliphatic heterocycles. The summed E-state index contributed by atoms with van der Waals surface area (Å²) in [6.07, 6.45) is 7.45. The van der Waals surface area contributed by atoms with Gasteiger partial charge in [0.25, 0.3) is 0 Å². The molecule has 172 valence electrons. The van der Waals surface area contributed by atoms with Crippen LogP contribution in [0, 0.1) is 5.92 Å². The quantitative estimate of drug-likeness (QED) is 0.316. The van der Waals surface area contributed by atoms with Crippen LogP contribution in [0.15, 0.2) is 104 Å². The largest absolute Gasteiger partial charge is 0.437 e. The van der Waals surface area contributed by atoms with Crippen molar-refractivity contribution in [2.75, 3.05) is 13.1 Å². The third-order valence-electron chi connectivity index (χ3n) is 7.17. The number of nitrogens with zero attached hydrogens (tertiary/aromatic N) is 3. The molecular weight excluding hydrogens is 417 g/mol. The minimum absolute atomic E-state index is 0.387. The van der Waals surface area contributed by atoms with Crippen LogP contribution in [-0.2, 0) is 12.0 Å². The molecule has 2 heterocycles. The van der Waals surface area contributed by atoms with E-state index in [1.54, 1.807) is 0 Å². The predicted molar refractivity (Wildman–Crippen MR) is 139 cm³/mol. The molecule has 1 N–H and O–H groups in total. The van der Waals surface area contributed by atoms with E-state index < -0.39 is 5.54 Å². The standard InChI is InChI=1S/C29H32BN3O/c1-30(34)33-19-11-12-24(21-33)20-28-22-32(23-31-28)29(25-13-5-2-6-14-25,26-15-7-3-8-16-26)27-17-9-4-10-18-27/h2-10,13-18,22-24,34H,11-12,19-21H2,1H3/t24-/m0/s1. The minimum atomic E-state index is -0.521. The second kappa shape index (κ2) is 10.0. The van der Waals surface area contributed by atoms with Crippen molar-refractivity contribution in [3.8, 4) is 0 Å². The SMILES string of the molecule is CB(O)N1CCC[C@@H](Cc2cn(C(c3ccccc3)(c3ccccc3)c3ccccc3)cn2)C1. The predicted octanol–water partition coefficient (Wildman–Crippen LogP) is 5.09. The van der Waals surface area contributed by atoms with Crippen LogP contribution in [0.5, 0.6) is 0 Å². The van der Waals surface area contributed by atoms with E-state index in [0.29, 0.717) is 5.92 Å². The smallest absolute Gasteiger partial charge is 0.376 e. The lowest BCUT2D eigenvalue weighted by Crippen LogP contribution is -2.44. The van der Waals surface area contributed by atoms with E-state index in [4.69, 9.17) is 4.98 Å². The van der Waals surface area contributed by atoms with Crippen LogP contribution in [0.2, 0.25) is 6.82 Å². The van der Waals surface area contributed by atoms with Crippen molar-refractivity contribution in [1.29, 1.82) is 0 Å². The van der Waals surface area contributed by atoms with Gasteiger partial charge in [-0.05, 0) is 61.8 Å². The number of aromatic nitrogens is 2. The lowest BCUT2D eigenvalue weighted by molar-refractivity contribution is 0.241. The molecule has 0 radical (unpaired) electrons. The fourth-order valence-electron chi connectivity index (χ4n) is 5.54. The summed E-state index contributed by atoms with van der Waals surface area (Å²) in [6, 6.07) is 32.1. The normalized spacial score (nSPS) is 16.9. The first-order chi connectivity index (χ1) is 16.7. The molecule has 4 aromatic rings. The third-order valence-corrected chi connectivity index (χ3v) is 7.17. The molecule has 1 aromatic heterocycles. The molecule has 5 heteroatoms. The maximum Gasteiger partial charge on any atom is 0.376 e. The van der Waals surface area contributed by atoms with Crippen LogP contribution in [0.1, 0.15) is 35.2 Å². The van der Waals surface area contributed by atoms with Crippen molar-refractivity contribution in [3.63, 3.8) is 0 Å². The first-order valence-corrected chi connectivity index (χ1v) is 12.3. The highest BCUT2D eigenvalue weighted by Gasteiger charge is 2.38. The molecule has 1 atom stereocenters. The molecule has 5 rings (SSSR count). The van der Waals surface area contributed by atoms with E-state index in [2.05, 4.69) is 107 Å². The molecule has 0 spiro atoms. The third kappa shape index (κ3) is 4.34. The lowest BCUT2D eigenvalue weighted by atomic mass is 9.76. The molecule has 34 heavy (non-hydrogen) atoms. The van der Waals surface area contributed by atoms with Gasteiger partial charge in [0, 0.05) is 6.20 Å². The second-order valence-electron chi connectivity index (χ2n) is 9.42. The highest BCUT2D eigenvalue weighted by atomic mass is 16.2. The van der Waals surface area contributed by atoms with Crippen molar-refractivity contribution >= 4 is 7.05 Å². The van der Waals surface area contributed by atoms with Gasteiger partial charge in [-0.25, -0.2) is 4.98 Å². The highest BCUT2D eigenvalue weighted by Crippen LogP contribution is 2.40. The van der Waals surface area contributed by atoms with Gasteiger partial charge in [0.2, 0.25) is 0 Å². The summed E-state index contributed by atoms with van der Waals surface area (Å²) in [4.78, 5) is 7.08. The second-order valence-corrected chi connectivity index (χ2v) is 9.42. The van der Waals surface area contributed by atoms with Gasteiger partial charge < -0.3 is 14.4 Å². The molecule has 3 aromatic carbocycles. The maximum absolute atomic E-state index is 10.1. The Balaban J connectivity index is 1.59. The molecule has 0 saturated carbocycles. The molecule has 1 saturated heterocycles. The van der Waals surface area contributed by atoms with Crippen LogP contribution in [0.25, 0.3) is 0 Å². The maximum atomic E-state index is 10.1. The summed E-state index contributed by atoms with van der Waals surface area (Å²) < 4.78 is 2.29. The summed E-state index contributed by atoms with van der Waals surface area (Å²) in [5.41, 5.74) is 4.19. The van der Waals surface area contributed by atoms with Crippen molar-refractivity contribution in [1.82, 2.24) is 14.4 Å². The van der Waals surface area contributed by atoms with Gasteiger partial charge in [-0.3, -0.25) is 0 Å². The fourth-order valence-corrected chi connectivity index (χ4v) is 5.54. The molecule has 1 aliphatic rings. The molecule has 0 unspecified atom stereocenters. The van der Waals surface area contributed by atoms with Gasteiger partial charge in [0.05, 0.1) is 12.0 Å². The molecule has 0 bridgehead atoms. The van der Waals surface area contributed by atoms with Gasteiger partial charge in [-0.1, -0.05) is 91.0 Å². The Bertz CT molecular complexity index is 1080. The number of piperidine rings is 1. The topological polar surface area (TPSA) is 41.3 Å². The van der Waals surface area contributed by atoms with Crippen LogP contribution in [-0.4, -0.2) is 39.5 Å². The summed E-state index contributed by atoms with van der Waals surface area (Å²) >= 11 is 0. The Morgan fingerprint density at radius 3 is 1.91 bits per heavy atom. The van der Waals surface area contributed by atoms with Gasteiger partial charge in [0.15, 0.2) is 0 Å². The average molecular weight is 449 g/mol. The van der Waals surface area contributed by atoms with Crippen LogP contribution < -0.4 is 0 Å². The Kier molecular flexibility index (Phi) is 6.66. The van der Waals surface area contributed by atoms with E-state index in [9.17, 15) is 5.02 Å². The van der Waals surface area contributed by atoms with E-state index in [0.717, 1.165) is 31.6 Å². The highest BCUT2D eigenvalue weighted by molar-refractivity contribution is 6.45. The fraction of sp³-hybridized carbons (Fsp3) is 0.276. The minimum Gasteiger partial charge on any atom is -0.437 e. The van der Waals surface area contributed by atoms with Crippen molar-refractivity contribution in [2.45, 2.75) is 31.6 Å². The van der Waals surface area contributed by atoms with Gasteiger partial charge in [-0.15, -0.1) is 0 Å². The first kappa shape index (κ1) is 22.6. The summed E-state index contributed by atoms with van der Waals surface area (Å²) in [7, 11) is -0.387. The molecule has 0 amide bonds. The Labute approximate surface area is 203 Å². The van der Waals surface area contributed by atoms with Crippen molar-refractivity contribution in [2.24, 2.45) is 5.92 Å². The Morgan fingerprint density at radius 2 is 1.41 bits per heavy atom. The van der Waals surface area contributed by atoms with Crippen molar-refractivity contribution < 1.29 is 5.02 Å². The van der Waals surface area contributed by atoms with E-state index >= 15 is 0 Å². The van der Waals surface area contributed by atoms with Gasteiger partial charge in [0.1, 0.15) is 5.54 Å². The number of imidazole rings is 1. The monoisotopic (exact) mass is 449 g/mol. The Hall–Kier alpha value is -3.15. The van der Waals surface area contributed by atoms with E-state index in [-0.39, 0.29) is 7.05 Å². The zero-order chi connectivity index (χ0) is 23.4. The zero-order valence-corrected chi connectivity index (χ0v) is 19.8. The molecule has 0 aliphatic carbocycles. The van der Waals surface area contributed by atoms with Gasteiger partial charge >= 0.3 is 7.05 Å². The summed E-state index contributed by atoms with van der Waals surface area (Å²) in [5, 5.41) is 10.1. The molecular formula is C29H32BN3O. The molecule has 4 nitrogen and oxygen atoms in total. The van der Waals surface area contributed by atoms with Crippen molar-refractivity contribution in [3.05, 3.63) is 126 Å². The summed E-state index contributed by atoms with van der Waals surface area (Å²) in [5.74, 6) is 0.506. The molecule has 1 fully saturated rings. The Morgan fingerprint density at radius 1 is 0.882 bits per heavy atom. The average Bonchev–Trinajstić information content (AvgIpc) is 3.35. The number of benzene rings is 3. The van der Waals surface area contributed by atoms with E-state index in [1.807, 2.05) is 13.2 Å². The van der Waals surface area contributed by atoms with Crippen LogP contribution in [0.4, 0.5) is 0 Å². The number of rotatable bonds is 7. The van der Waals surface area contributed by atoms with E-state index in [1.165, 1.54) is 23.1 Å². The zero-order valence-electron chi connectivity index (χ0n) is 19.8. The first-order valence-electron chi connectivity index (χ1n) is 12.3. The van der Waals surface area contributed by atoms with Crippen LogP contribution in [0.3, 0.4) is 0 Å². The lowest BCUT2D eigenvalue weighted by Gasteiger charge is -2.37. The number of hydrogen-bond acceptors (Lipinski definition) is 3. The van der Waals surface area contributed by atoms with Gasteiger partial charge in [-0.2, -0.15) is 0 Å². The number of hydrogen-bond donors (Lipinski definition) is 1. The van der Waals surface area contributed by atoms with Crippen LogP contribution >= 0.6 is 0 Å².